The van der Waals surface area contributed by atoms with Crippen molar-refractivity contribution in [1.82, 2.24) is 10.0 Å². The van der Waals surface area contributed by atoms with E-state index in [-0.39, 0.29) is 23.3 Å². The molecule has 0 saturated carbocycles. The second-order valence-corrected chi connectivity index (χ2v) is 11.3. The van der Waals surface area contributed by atoms with E-state index < -0.39 is 16.1 Å². The summed E-state index contributed by atoms with van der Waals surface area (Å²) < 4.78 is 35.9. The zero-order valence-electron chi connectivity index (χ0n) is 22.0. The smallest absolute Gasteiger partial charge is 0.241 e. The average molecular weight is 553 g/mol. The fourth-order valence-electron chi connectivity index (χ4n) is 4.42. The summed E-state index contributed by atoms with van der Waals surface area (Å²) in [5.41, 5.74) is 5.60. The van der Waals surface area contributed by atoms with Crippen molar-refractivity contribution in [1.29, 1.82) is 0 Å². The lowest BCUT2D eigenvalue weighted by molar-refractivity contribution is 0.152. The first-order valence-corrected chi connectivity index (χ1v) is 14.2. The molecule has 0 spiro atoms. The zero-order valence-corrected chi connectivity index (χ0v) is 23.6. The van der Waals surface area contributed by atoms with Crippen molar-refractivity contribution in [2.75, 3.05) is 19.8 Å². The number of benzene rings is 3. The topological polar surface area (TPSA) is 67.4 Å². The number of halogens is 1. The Morgan fingerprint density at radius 1 is 0.789 bits per heavy atom. The number of hydrogen-bond donors (Lipinski definition) is 2. The molecule has 0 aliphatic heterocycles. The molecule has 2 atom stereocenters. The Labute approximate surface area is 233 Å². The molecule has 4 rings (SSSR count). The van der Waals surface area contributed by atoms with Crippen LogP contribution in [0.2, 0.25) is 0 Å². The predicted molar refractivity (Wildman–Crippen MR) is 157 cm³/mol. The number of aryl methyl sites for hydroxylation is 1. The molecule has 0 radical (unpaired) electrons. The van der Waals surface area contributed by atoms with Crippen molar-refractivity contribution < 1.29 is 13.2 Å². The molecule has 0 aromatic heterocycles. The van der Waals surface area contributed by atoms with E-state index >= 15 is 0 Å². The van der Waals surface area contributed by atoms with Gasteiger partial charge in [-0.3, -0.25) is 0 Å². The molecule has 0 heterocycles. The molecule has 0 unspecified atom stereocenters. The van der Waals surface area contributed by atoms with Gasteiger partial charge in [0.25, 0.3) is 0 Å². The summed E-state index contributed by atoms with van der Waals surface area (Å²) in [5.74, 6) is 0. The molecule has 38 heavy (non-hydrogen) atoms. The number of hydrogen-bond acceptors (Lipinski definition) is 4. The van der Waals surface area contributed by atoms with E-state index in [1.165, 1.54) is 11.1 Å². The van der Waals surface area contributed by atoms with E-state index in [1.54, 1.807) is 12.1 Å². The van der Waals surface area contributed by atoms with Crippen LogP contribution in [0.1, 0.15) is 48.5 Å². The van der Waals surface area contributed by atoms with Gasteiger partial charge in [0.2, 0.25) is 10.0 Å². The minimum atomic E-state index is -3.77. The second kappa shape index (κ2) is 14.4. The lowest BCUT2D eigenvalue weighted by Gasteiger charge is -2.30. The Kier molecular flexibility index (Phi) is 11.3. The number of nitrogens with one attached hydrogen (secondary N) is 2. The summed E-state index contributed by atoms with van der Waals surface area (Å²) >= 11 is 0. The van der Waals surface area contributed by atoms with Gasteiger partial charge >= 0.3 is 0 Å². The van der Waals surface area contributed by atoms with Crippen LogP contribution in [0.15, 0.2) is 113 Å². The molecule has 3 aromatic rings. The molecule has 7 heteroatoms. The number of allylic oxidation sites excluding steroid dienone is 3. The highest BCUT2D eigenvalue weighted by Crippen LogP contribution is 2.31. The Morgan fingerprint density at radius 3 is 1.97 bits per heavy atom. The van der Waals surface area contributed by atoms with Crippen LogP contribution in [0.5, 0.6) is 0 Å². The quantitative estimate of drug-likeness (QED) is 0.200. The Balaban J connectivity index is 0.00000400. The van der Waals surface area contributed by atoms with Gasteiger partial charge in [-0.15, -0.1) is 12.4 Å². The van der Waals surface area contributed by atoms with Crippen molar-refractivity contribution >= 4 is 22.4 Å². The van der Waals surface area contributed by atoms with Gasteiger partial charge in [-0.2, -0.15) is 0 Å². The van der Waals surface area contributed by atoms with Crippen LogP contribution in [0.25, 0.3) is 0 Å². The van der Waals surface area contributed by atoms with Crippen molar-refractivity contribution in [3.63, 3.8) is 0 Å². The molecule has 0 saturated heterocycles. The first-order chi connectivity index (χ1) is 17.9. The standard InChI is InChI=1S/C31H36N2O3S.ClH/c1-24-13-17-26(18-14-24)23-36-22-21-32-30(27-9-5-3-6-10-27)31(28-11-7-4-8-12-28)33-37(34,35)29-19-15-25(2)16-20-29;/h3-13,15-16,18-20,30-33H,14,17,21-23H2,1-2H3;1H/t30-,31-;/m1./s1. The number of ether oxygens (including phenoxy) is 1. The third kappa shape index (κ3) is 8.38. The first-order valence-electron chi connectivity index (χ1n) is 12.8. The summed E-state index contributed by atoms with van der Waals surface area (Å²) in [7, 11) is -3.77. The van der Waals surface area contributed by atoms with Crippen LogP contribution in [0.4, 0.5) is 0 Å². The van der Waals surface area contributed by atoms with Crippen LogP contribution in [-0.4, -0.2) is 28.2 Å². The highest BCUT2D eigenvalue weighted by atomic mass is 35.5. The van der Waals surface area contributed by atoms with Gasteiger partial charge in [0.05, 0.1) is 30.2 Å². The van der Waals surface area contributed by atoms with Crippen LogP contribution < -0.4 is 10.0 Å². The Hall–Kier alpha value is -2.74. The molecule has 1 aliphatic carbocycles. The van der Waals surface area contributed by atoms with Gasteiger partial charge in [-0.25, -0.2) is 13.1 Å². The summed E-state index contributed by atoms with van der Waals surface area (Å²) in [5, 5.41) is 3.58. The lowest BCUT2D eigenvalue weighted by atomic mass is 9.94. The number of sulfonamides is 1. The fraction of sp³-hybridized carbons (Fsp3) is 0.290. The molecule has 3 aromatic carbocycles. The molecule has 2 N–H and O–H groups in total. The van der Waals surface area contributed by atoms with E-state index in [0.29, 0.717) is 19.8 Å². The number of rotatable bonds is 12. The maximum absolute atomic E-state index is 13.5. The van der Waals surface area contributed by atoms with Gasteiger partial charge in [-0.05, 0) is 55.5 Å². The molecule has 0 bridgehead atoms. The van der Waals surface area contributed by atoms with E-state index in [2.05, 4.69) is 29.1 Å². The average Bonchev–Trinajstić information content (AvgIpc) is 2.92. The molecule has 5 nitrogen and oxygen atoms in total. The van der Waals surface area contributed by atoms with E-state index in [4.69, 9.17) is 4.74 Å². The van der Waals surface area contributed by atoms with Crippen molar-refractivity contribution in [2.24, 2.45) is 0 Å². The van der Waals surface area contributed by atoms with Gasteiger partial charge < -0.3 is 10.1 Å². The molecular weight excluding hydrogens is 516 g/mol. The molecule has 0 fully saturated rings. The minimum Gasteiger partial charge on any atom is -0.376 e. The molecule has 202 valence electrons. The van der Waals surface area contributed by atoms with Crippen LogP contribution >= 0.6 is 12.4 Å². The van der Waals surface area contributed by atoms with Gasteiger partial charge in [-0.1, -0.05) is 96.1 Å². The Morgan fingerprint density at radius 2 is 1.39 bits per heavy atom. The molecular formula is C31H37ClN2O3S. The highest BCUT2D eigenvalue weighted by Gasteiger charge is 2.29. The van der Waals surface area contributed by atoms with Gasteiger partial charge in [0, 0.05) is 6.54 Å². The SMILES string of the molecule is CC1=CCC(COCCN[C@H](c2ccccc2)[C@H](NS(=O)(=O)c2ccc(C)cc2)c2ccccc2)=CC1.Cl. The van der Waals surface area contributed by atoms with Crippen LogP contribution in [0.3, 0.4) is 0 Å². The van der Waals surface area contributed by atoms with Gasteiger partial charge in [0.15, 0.2) is 0 Å². The highest BCUT2D eigenvalue weighted by molar-refractivity contribution is 7.89. The maximum atomic E-state index is 13.5. The van der Waals surface area contributed by atoms with Crippen LogP contribution in [-0.2, 0) is 14.8 Å². The normalized spacial score (nSPS) is 15.1. The predicted octanol–water partition coefficient (Wildman–Crippen LogP) is 6.45. The lowest BCUT2D eigenvalue weighted by Crippen LogP contribution is -2.39. The zero-order chi connectivity index (χ0) is 26.1. The fourth-order valence-corrected chi connectivity index (χ4v) is 5.65. The maximum Gasteiger partial charge on any atom is 0.241 e. The summed E-state index contributed by atoms with van der Waals surface area (Å²) in [6, 6.07) is 25.8. The second-order valence-electron chi connectivity index (χ2n) is 9.54. The summed E-state index contributed by atoms with van der Waals surface area (Å²) in [6.07, 6.45) is 6.45. The molecule has 0 amide bonds. The minimum absolute atomic E-state index is 0. The van der Waals surface area contributed by atoms with Crippen LogP contribution in [0, 0.1) is 6.92 Å². The summed E-state index contributed by atoms with van der Waals surface area (Å²) in [6.45, 7) is 5.81. The first kappa shape index (κ1) is 29.8. The van der Waals surface area contributed by atoms with Gasteiger partial charge in [0.1, 0.15) is 0 Å². The van der Waals surface area contributed by atoms with E-state index in [9.17, 15) is 8.42 Å². The summed E-state index contributed by atoms with van der Waals surface area (Å²) in [4.78, 5) is 0.249. The monoisotopic (exact) mass is 552 g/mol. The third-order valence-corrected chi connectivity index (χ3v) is 8.04. The van der Waals surface area contributed by atoms with Crippen molar-refractivity contribution in [3.8, 4) is 0 Å². The van der Waals surface area contributed by atoms with E-state index in [0.717, 1.165) is 29.5 Å². The van der Waals surface area contributed by atoms with Crippen molar-refractivity contribution in [2.45, 2.75) is 43.7 Å². The molecule has 1 aliphatic rings. The van der Waals surface area contributed by atoms with E-state index in [1.807, 2.05) is 79.7 Å². The van der Waals surface area contributed by atoms with Crippen molar-refractivity contribution in [3.05, 3.63) is 125 Å². The third-order valence-electron chi connectivity index (χ3n) is 6.59. The largest absolute Gasteiger partial charge is 0.376 e. The Bertz CT molecular complexity index is 1310.